The Kier molecular flexibility index (Phi) is 2.33. The van der Waals surface area contributed by atoms with Gasteiger partial charge in [-0.05, 0) is 41.1 Å². The zero-order valence-electron chi connectivity index (χ0n) is 6.29. The number of halogens is 1. The van der Waals surface area contributed by atoms with Crippen molar-refractivity contribution in [2.45, 2.75) is 30.0 Å². The lowest BCUT2D eigenvalue weighted by Crippen LogP contribution is -2.02. The van der Waals surface area contributed by atoms with Crippen LogP contribution < -0.4 is 0 Å². The van der Waals surface area contributed by atoms with E-state index in [0.717, 1.165) is 10.7 Å². The quantitative estimate of drug-likeness (QED) is 0.645. The van der Waals surface area contributed by atoms with E-state index in [1.807, 2.05) is 11.3 Å². The molecule has 2 heteroatoms. The van der Waals surface area contributed by atoms with Crippen LogP contribution in [0.1, 0.15) is 30.7 Å². The van der Waals surface area contributed by atoms with Crippen LogP contribution >= 0.6 is 27.3 Å². The van der Waals surface area contributed by atoms with Crippen LogP contribution in [0.3, 0.4) is 0 Å². The zero-order valence-corrected chi connectivity index (χ0v) is 8.70. The maximum atomic E-state index is 3.73. The first-order chi connectivity index (χ1) is 5.38. The lowest BCUT2D eigenvalue weighted by Gasteiger charge is -2.10. The van der Waals surface area contributed by atoms with E-state index in [1.54, 1.807) is 0 Å². The first-order valence-electron chi connectivity index (χ1n) is 4.04. The Labute approximate surface area is 79.8 Å². The number of rotatable bonds is 1. The molecule has 1 aliphatic carbocycles. The van der Waals surface area contributed by atoms with Gasteiger partial charge in [0.15, 0.2) is 0 Å². The smallest absolute Gasteiger partial charge is 0.0214 e. The van der Waals surface area contributed by atoms with Crippen molar-refractivity contribution in [1.29, 1.82) is 0 Å². The van der Waals surface area contributed by atoms with E-state index in [2.05, 4.69) is 32.8 Å². The molecule has 0 aromatic carbocycles. The monoisotopic (exact) mass is 230 g/mol. The summed E-state index contributed by atoms with van der Waals surface area (Å²) in [5, 5.41) is 4.46. The second kappa shape index (κ2) is 3.28. The van der Waals surface area contributed by atoms with Gasteiger partial charge >= 0.3 is 0 Å². The summed E-state index contributed by atoms with van der Waals surface area (Å²) in [5.41, 5.74) is 1.54. The molecule has 0 saturated heterocycles. The standard InChI is InChI=1S/C9H11BrS/c10-9-3-1-2-8(9)7-4-5-11-6-7/h4-6,8-9H,1-3H2. The molecule has 1 aliphatic rings. The third-order valence-electron chi connectivity index (χ3n) is 2.40. The van der Waals surface area contributed by atoms with Crippen molar-refractivity contribution in [1.82, 2.24) is 0 Å². The Morgan fingerprint density at radius 3 is 2.91 bits per heavy atom. The largest absolute Gasteiger partial charge is 0.152 e. The highest BCUT2D eigenvalue weighted by molar-refractivity contribution is 9.09. The summed E-state index contributed by atoms with van der Waals surface area (Å²) < 4.78 is 0. The Hall–Kier alpha value is 0.180. The Morgan fingerprint density at radius 2 is 2.36 bits per heavy atom. The highest BCUT2D eigenvalue weighted by atomic mass is 79.9. The van der Waals surface area contributed by atoms with Gasteiger partial charge in [-0.25, -0.2) is 0 Å². The highest BCUT2D eigenvalue weighted by Crippen LogP contribution is 2.39. The van der Waals surface area contributed by atoms with E-state index in [4.69, 9.17) is 0 Å². The van der Waals surface area contributed by atoms with E-state index in [-0.39, 0.29) is 0 Å². The van der Waals surface area contributed by atoms with Crippen LogP contribution in [0.25, 0.3) is 0 Å². The maximum Gasteiger partial charge on any atom is 0.0214 e. The molecule has 0 nitrogen and oxygen atoms in total. The van der Waals surface area contributed by atoms with E-state index < -0.39 is 0 Å². The fourth-order valence-electron chi connectivity index (χ4n) is 1.78. The maximum absolute atomic E-state index is 3.73. The van der Waals surface area contributed by atoms with Crippen molar-refractivity contribution in [2.24, 2.45) is 0 Å². The fraction of sp³-hybridized carbons (Fsp3) is 0.556. The molecule has 0 spiro atoms. The molecule has 0 radical (unpaired) electrons. The Balaban J connectivity index is 2.16. The molecule has 2 atom stereocenters. The molecule has 1 aromatic heterocycles. The molecule has 1 saturated carbocycles. The van der Waals surface area contributed by atoms with Crippen LogP contribution in [0.4, 0.5) is 0 Å². The van der Waals surface area contributed by atoms with Crippen molar-refractivity contribution in [3.63, 3.8) is 0 Å². The average Bonchev–Trinajstić information content (AvgIpc) is 2.55. The van der Waals surface area contributed by atoms with Crippen LogP contribution in [0, 0.1) is 0 Å². The van der Waals surface area contributed by atoms with E-state index >= 15 is 0 Å². The molecule has 11 heavy (non-hydrogen) atoms. The summed E-state index contributed by atoms with van der Waals surface area (Å²) in [6.45, 7) is 0. The first-order valence-corrected chi connectivity index (χ1v) is 5.90. The molecule has 0 N–H and O–H groups in total. The number of hydrogen-bond acceptors (Lipinski definition) is 1. The number of hydrogen-bond donors (Lipinski definition) is 0. The second-order valence-electron chi connectivity index (χ2n) is 3.11. The minimum atomic E-state index is 0.733. The summed E-state index contributed by atoms with van der Waals surface area (Å²) in [4.78, 5) is 0.733. The van der Waals surface area contributed by atoms with Crippen LogP contribution in [0.5, 0.6) is 0 Å². The van der Waals surface area contributed by atoms with Crippen molar-refractivity contribution in [2.75, 3.05) is 0 Å². The molecule has 60 valence electrons. The van der Waals surface area contributed by atoms with Gasteiger partial charge in [0.25, 0.3) is 0 Å². The number of alkyl halides is 1. The van der Waals surface area contributed by atoms with Crippen molar-refractivity contribution in [3.05, 3.63) is 22.4 Å². The van der Waals surface area contributed by atoms with Gasteiger partial charge in [-0.1, -0.05) is 22.4 Å². The lowest BCUT2D eigenvalue weighted by molar-refractivity contribution is 0.746. The van der Waals surface area contributed by atoms with E-state index in [1.165, 1.54) is 24.8 Å². The van der Waals surface area contributed by atoms with Gasteiger partial charge in [-0.3, -0.25) is 0 Å². The molecule has 1 heterocycles. The van der Waals surface area contributed by atoms with Gasteiger partial charge in [0.05, 0.1) is 0 Å². The average molecular weight is 231 g/mol. The van der Waals surface area contributed by atoms with Crippen LogP contribution in [0.15, 0.2) is 16.8 Å². The SMILES string of the molecule is BrC1CCCC1c1ccsc1. The molecule has 2 unspecified atom stereocenters. The van der Waals surface area contributed by atoms with Gasteiger partial charge in [0.1, 0.15) is 0 Å². The normalized spacial score (nSPS) is 31.0. The van der Waals surface area contributed by atoms with Gasteiger partial charge in [0.2, 0.25) is 0 Å². The van der Waals surface area contributed by atoms with Crippen molar-refractivity contribution >= 4 is 27.3 Å². The molecule has 1 fully saturated rings. The third-order valence-corrected chi connectivity index (χ3v) is 4.20. The van der Waals surface area contributed by atoms with Crippen molar-refractivity contribution < 1.29 is 0 Å². The summed E-state index contributed by atoms with van der Waals surface area (Å²) >= 11 is 5.54. The predicted molar refractivity (Wildman–Crippen MR) is 53.6 cm³/mol. The van der Waals surface area contributed by atoms with Gasteiger partial charge in [-0.15, -0.1) is 0 Å². The third kappa shape index (κ3) is 1.52. The van der Waals surface area contributed by atoms with Crippen LogP contribution in [0.2, 0.25) is 0 Å². The number of thiophene rings is 1. The summed E-state index contributed by atoms with van der Waals surface area (Å²) in [6, 6.07) is 2.26. The minimum absolute atomic E-state index is 0.733. The van der Waals surface area contributed by atoms with Crippen LogP contribution in [-0.4, -0.2) is 4.83 Å². The minimum Gasteiger partial charge on any atom is -0.152 e. The molecule has 0 amide bonds. The molecule has 2 rings (SSSR count). The molecular formula is C9H11BrS. The summed E-state index contributed by atoms with van der Waals surface area (Å²) in [5.74, 6) is 0.793. The summed E-state index contributed by atoms with van der Waals surface area (Å²) in [7, 11) is 0. The highest BCUT2D eigenvalue weighted by Gasteiger charge is 2.26. The second-order valence-corrected chi connectivity index (χ2v) is 5.07. The molecule has 0 aliphatic heterocycles. The Bertz CT molecular complexity index is 217. The molecule has 1 aromatic rings. The van der Waals surface area contributed by atoms with E-state index in [9.17, 15) is 0 Å². The fourth-order valence-corrected chi connectivity index (χ4v) is 3.39. The topological polar surface area (TPSA) is 0 Å². The van der Waals surface area contributed by atoms with Crippen LogP contribution in [-0.2, 0) is 0 Å². The van der Waals surface area contributed by atoms with Gasteiger partial charge in [0, 0.05) is 4.83 Å². The zero-order chi connectivity index (χ0) is 7.68. The first kappa shape index (κ1) is 7.81. The predicted octanol–water partition coefficient (Wildman–Crippen LogP) is 3.78. The van der Waals surface area contributed by atoms with E-state index in [0.29, 0.717) is 0 Å². The molecular weight excluding hydrogens is 220 g/mol. The summed E-state index contributed by atoms with van der Waals surface area (Å²) in [6.07, 6.45) is 4.10. The van der Waals surface area contributed by atoms with Gasteiger partial charge < -0.3 is 0 Å². The molecule has 0 bridgehead atoms. The Morgan fingerprint density at radius 1 is 1.45 bits per heavy atom. The van der Waals surface area contributed by atoms with Gasteiger partial charge in [-0.2, -0.15) is 11.3 Å². The van der Waals surface area contributed by atoms with Crippen molar-refractivity contribution in [3.8, 4) is 0 Å². The lowest BCUT2D eigenvalue weighted by atomic mass is 10.0.